The Kier molecular flexibility index (Phi) is 6.22. The Morgan fingerprint density at radius 2 is 1.76 bits per heavy atom. The van der Waals surface area contributed by atoms with Gasteiger partial charge in [-0.15, -0.1) is 0 Å². The number of aryl methyl sites for hydroxylation is 1. The predicted octanol–water partition coefficient (Wildman–Crippen LogP) is 5.00. The molecule has 0 bridgehead atoms. The van der Waals surface area contributed by atoms with E-state index in [1.54, 1.807) is 49.4 Å². The van der Waals surface area contributed by atoms with Crippen LogP contribution in [-0.2, 0) is 9.59 Å². The zero-order valence-electron chi connectivity index (χ0n) is 18.7. The van der Waals surface area contributed by atoms with E-state index in [9.17, 15) is 19.8 Å². The molecule has 0 aliphatic carbocycles. The molecule has 1 unspecified atom stereocenters. The van der Waals surface area contributed by atoms with Gasteiger partial charge in [0.2, 0.25) is 0 Å². The number of hydrogen-bond acceptors (Lipinski definition) is 6. The number of rotatable bonds is 5. The summed E-state index contributed by atoms with van der Waals surface area (Å²) in [7, 11) is 3.00. The number of ether oxygens (including phenoxy) is 2. The van der Waals surface area contributed by atoms with Crippen molar-refractivity contribution in [2.75, 3.05) is 19.1 Å². The normalized spacial score (nSPS) is 17.2. The number of aromatic hydroxyl groups is 1. The summed E-state index contributed by atoms with van der Waals surface area (Å²) in [5, 5.41) is 21.6. The van der Waals surface area contributed by atoms with Gasteiger partial charge in [0.15, 0.2) is 0 Å². The first-order valence-electron chi connectivity index (χ1n) is 10.3. The predicted molar refractivity (Wildman–Crippen MR) is 129 cm³/mol. The van der Waals surface area contributed by atoms with Crippen molar-refractivity contribution < 1.29 is 29.3 Å². The molecule has 1 fully saturated rings. The summed E-state index contributed by atoms with van der Waals surface area (Å²) < 4.78 is 10.4. The van der Waals surface area contributed by atoms with Crippen LogP contribution in [-0.4, -0.2) is 36.1 Å². The van der Waals surface area contributed by atoms with E-state index in [2.05, 4.69) is 0 Å². The van der Waals surface area contributed by atoms with Gasteiger partial charge in [0.05, 0.1) is 30.9 Å². The smallest absolute Gasteiger partial charge is 0.300 e. The Balaban J connectivity index is 1.96. The van der Waals surface area contributed by atoms with E-state index in [0.717, 1.165) is 0 Å². The van der Waals surface area contributed by atoms with Crippen molar-refractivity contribution in [1.82, 2.24) is 0 Å². The first-order valence-corrected chi connectivity index (χ1v) is 10.7. The number of aliphatic hydroxyl groups is 1. The topological polar surface area (TPSA) is 96.3 Å². The lowest BCUT2D eigenvalue weighted by atomic mass is 9.93. The van der Waals surface area contributed by atoms with Gasteiger partial charge in [0.25, 0.3) is 11.7 Å². The summed E-state index contributed by atoms with van der Waals surface area (Å²) >= 11 is 6.29. The minimum atomic E-state index is -1.00. The fourth-order valence-corrected chi connectivity index (χ4v) is 4.34. The van der Waals surface area contributed by atoms with Crippen molar-refractivity contribution in [1.29, 1.82) is 0 Å². The van der Waals surface area contributed by atoms with Gasteiger partial charge in [-0.05, 0) is 66.6 Å². The van der Waals surface area contributed by atoms with Crippen LogP contribution in [0, 0.1) is 6.92 Å². The van der Waals surface area contributed by atoms with Gasteiger partial charge in [-0.3, -0.25) is 14.5 Å². The molecule has 3 aromatic carbocycles. The molecule has 0 radical (unpaired) electrons. The van der Waals surface area contributed by atoms with E-state index in [0.29, 0.717) is 33.9 Å². The van der Waals surface area contributed by atoms with Crippen molar-refractivity contribution in [3.8, 4) is 17.2 Å². The second kappa shape index (κ2) is 9.11. The quantitative estimate of drug-likeness (QED) is 0.304. The Bertz CT molecular complexity index is 1330. The van der Waals surface area contributed by atoms with Crippen LogP contribution in [0.15, 0.2) is 66.2 Å². The monoisotopic (exact) mass is 479 g/mol. The number of ketones is 1. The summed E-state index contributed by atoms with van der Waals surface area (Å²) in [6, 6.07) is 14.9. The maximum absolute atomic E-state index is 13.3. The fourth-order valence-electron chi connectivity index (χ4n) is 4.09. The lowest BCUT2D eigenvalue weighted by Gasteiger charge is -2.26. The largest absolute Gasteiger partial charge is 0.508 e. The van der Waals surface area contributed by atoms with Crippen molar-refractivity contribution in [3.05, 3.63) is 87.9 Å². The molecule has 7 nitrogen and oxygen atoms in total. The minimum Gasteiger partial charge on any atom is -0.508 e. The summed E-state index contributed by atoms with van der Waals surface area (Å²) in [5.41, 5.74) is 1.73. The van der Waals surface area contributed by atoms with Gasteiger partial charge in [0.1, 0.15) is 23.0 Å². The first kappa shape index (κ1) is 23.2. The highest BCUT2D eigenvalue weighted by molar-refractivity contribution is 6.52. The highest BCUT2D eigenvalue weighted by atomic mass is 35.5. The fraction of sp³-hybridized carbons (Fsp3) is 0.154. The van der Waals surface area contributed by atoms with Crippen LogP contribution in [0.5, 0.6) is 17.2 Å². The molecule has 1 aliphatic rings. The number of halogens is 1. The van der Waals surface area contributed by atoms with Gasteiger partial charge < -0.3 is 19.7 Å². The van der Waals surface area contributed by atoms with Gasteiger partial charge in [-0.25, -0.2) is 0 Å². The van der Waals surface area contributed by atoms with Crippen LogP contribution in [0.2, 0.25) is 5.02 Å². The summed E-state index contributed by atoms with van der Waals surface area (Å²) in [4.78, 5) is 27.8. The van der Waals surface area contributed by atoms with Crippen LogP contribution in [0.3, 0.4) is 0 Å². The van der Waals surface area contributed by atoms with Gasteiger partial charge in [-0.2, -0.15) is 0 Å². The average molecular weight is 480 g/mol. The summed E-state index contributed by atoms with van der Waals surface area (Å²) in [6.07, 6.45) is 0. The second-order valence-electron chi connectivity index (χ2n) is 7.76. The van der Waals surface area contributed by atoms with E-state index in [-0.39, 0.29) is 22.1 Å². The number of phenolic OH excluding ortho intramolecular Hbond substituents is 1. The van der Waals surface area contributed by atoms with E-state index in [1.165, 1.54) is 37.3 Å². The number of aliphatic hydroxyl groups excluding tert-OH is 1. The summed E-state index contributed by atoms with van der Waals surface area (Å²) in [6.45, 7) is 1.76. The number of methoxy groups -OCH3 is 2. The number of amides is 1. The zero-order chi connectivity index (χ0) is 24.6. The Labute approximate surface area is 201 Å². The molecule has 174 valence electrons. The van der Waals surface area contributed by atoms with Gasteiger partial charge in [0, 0.05) is 11.3 Å². The zero-order valence-corrected chi connectivity index (χ0v) is 19.5. The van der Waals surface area contributed by atoms with Crippen LogP contribution < -0.4 is 14.4 Å². The Morgan fingerprint density at radius 1 is 1.00 bits per heavy atom. The van der Waals surface area contributed by atoms with Crippen molar-refractivity contribution in [2.24, 2.45) is 0 Å². The average Bonchev–Trinajstić information content (AvgIpc) is 3.09. The SMILES string of the molecule is COc1ccc(/C(O)=C2\C(=O)C(=O)N(c3ccc(OC)c(Cl)c3)C2c2cccc(O)c2)c(C)c1. The molecule has 1 atom stereocenters. The molecule has 4 rings (SSSR count). The van der Waals surface area contributed by atoms with Crippen molar-refractivity contribution in [3.63, 3.8) is 0 Å². The molecule has 2 N–H and O–H groups in total. The maximum Gasteiger partial charge on any atom is 0.300 e. The number of carbonyl (C=O) groups is 2. The van der Waals surface area contributed by atoms with Gasteiger partial charge >= 0.3 is 0 Å². The van der Waals surface area contributed by atoms with E-state index < -0.39 is 17.7 Å². The first-order chi connectivity index (χ1) is 16.3. The number of anilines is 1. The molecule has 0 spiro atoms. The van der Waals surface area contributed by atoms with Crippen LogP contribution in [0.4, 0.5) is 5.69 Å². The Morgan fingerprint density at radius 3 is 2.38 bits per heavy atom. The number of carbonyl (C=O) groups excluding carboxylic acids is 2. The van der Waals surface area contributed by atoms with Crippen molar-refractivity contribution in [2.45, 2.75) is 13.0 Å². The molecule has 3 aromatic rings. The third kappa shape index (κ3) is 3.95. The van der Waals surface area contributed by atoms with Gasteiger partial charge in [-0.1, -0.05) is 23.7 Å². The highest BCUT2D eigenvalue weighted by Crippen LogP contribution is 2.44. The molecule has 8 heteroatoms. The molecule has 0 aromatic heterocycles. The third-order valence-electron chi connectivity index (χ3n) is 5.73. The lowest BCUT2D eigenvalue weighted by Crippen LogP contribution is -2.29. The number of nitrogens with zero attached hydrogens (tertiary/aromatic N) is 1. The molecule has 1 amide bonds. The maximum atomic E-state index is 13.3. The standard InChI is InChI=1S/C26H22ClNO6/c1-14-11-18(33-2)8-9-19(14)24(30)22-23(15-5-4-6-17(29)12-15)28(26(32)25(22)31)16-7-10-21(34-3)20(27)13-16/h4-13,23,29-30H,1-3H3/b24-22+. The molecule has 0 saturated carbocycles. The highest BCUT2D eigenvalue weighted by Gasteiger charge is 2.47. The number of Topliss-reactive ketones (excluding diaryl/α,β-unsaturated/α-hetero) is 1. The molecular formula is C26H22ClNO6. The van der Waals surface area contributed by atoms with Crippen molar-refractivity contribution >= 4 is 34.7 Å². The second-order valence-corrected chi connectivity index (χ2v) is 8.17. The van der Waals surface area contributed by atoms with E-state index in [1.807, 2.05) is 0 Å². The minimum absolute atomic E-state index is 0.0449. The van der Waals surface area contributed by atoms with Crippen LogP contribution in [0.25, 0.3) is 5.76 Å². The molecule has 1 saturated heterocycles. The number of phenols is 1. The van der Waals surface area contributed by atoms with Crippen LogP contribution >= 0.6 is 11.6 Å². The number of hydrogen-bond donors (Lipinski definition) is 2. The Hall–Kier alpha value is -3.97. The van der Waals surface area contributed by atoms with E-state index in [4.69, 9.17) is 21.1 Å². The van der Waals surface area contributed by atoms with E-state index >= 15 is 0 Å². The van der Waals surface area contributed by atoms with Crippen LogP contribution in [0.1, 0.15) is 22.7 Å². The number of benzene rings is 3. The molecular weight excluding hydrogens is 458 g/mol. The molecule has 34 heavy (non-hydrogen) atoms. The lowest BCUT2D eigenvalue weighted by molar-refractivity contribution is -0.132. The summed E-state index contributed by atoms with van der Waals surface area (Å²) in [5.74, 6) is -1.06. The third-order valence-corrected chi connectivity index (χ3v) is 6.03. The molecule has 1 heterocycles. The molecule has 1 aliphatic heterocycles.